The van der Waals surface area contributed by atoms with Gasteiger partial charge in [-0.05, 0) is 54.7 Å². The molecule has 1 amide bonds. The summed E-state index contributed by atoms with van der Waals surface area (Å²) in [6.45, 7) is 2.05. The van der Waals surface area contributed by atoms with Crippen molar-refractivity contribution in [2.45, 2.75) is 25.3 Å². The highest BCUT2D eigenvalue weighted by Crippen LogP contribution is 2.36. The fourth-order valence-corrected chi connectivity index (χ4v) is 5.59. The minimum Gasteiger partial charge on any atom is -0.493 e. The number of likely N-dealkylation sites (tertiary alicyclic amines) is 1. The van der Waals surface area contributed by atoms with Crippen molar-refractivity contribution in [3.63, 3.8) is 0 Å². The van der Waals surface area contributed by atoms with Gasteiger partial charge in [-0.2, -0.15) is 0 Å². The van der Waals surface area contributed by atoms with Gasteiger partial charge in [-0.25, -0.2) is 0 Å². The van der Waals surface area contributed by atoms with E-state index in [0.717, 1.165) is 17.7 Å². The molecule has 1 saturated heterocycles. The molecule has 3 heterocycles. The minimum absolute atomic E-state index is 0.0122. The minimum atomic E-state index is -0.469. The fourth-order valence-electron chi connectivity index (χ4n) is 5.59. The number of nitro groups is 1. The Kier molecular flexibility index (Phi) is 7.04. The van der Waals surface area contributed by atoms with E-state index in [1.54, 1.807) is 43.4 Å². The number of benzene rings is 2. The van der Waals surface area contributed by atoms with Crippen LogP contribution in [0.15, 0.2) is 59.4 Å². The van der Waals surface area contributed by atoms with Gasteiger partial charge in [0.2, 0.25) is 0 Å². The first-order chi connectivity index (χ1) is 18.4. The maximum atomic E-state index is 13.4. The van der Waals surface area contributed by atoms with Crippen LogP contribution in [0.2, 0.25) is 0 Å². The number of nitro benzene ring substituents is 1. The van der Waals surface area contributed by atoms with E-state index in [9.17, 15) is 19.7 Å². The molecule has 10 nitrogen and oxygen atoms in total. The van der Waals surface area contributed by atoms with Crippen molar-refractivity contribution >= 4 is 17.3 Å². The monoisotopic (exact) mass is 518 g/mol. The van der Waals surface area contributed by atoms with Crippen LogP contribution in [-0.2, 0) is 13.0 Å². The molecule has 3 aromatic rings. The third kappa shape index (κ3) is 4.93. The van der Waals surface area contributed by atoms with Crippen LogP contribution in [0.3, 0.4) is 0 Å². The Morgan fingerprint density at radius 1 is 1.05 bits per heavy atom. The fraction of sp³-hybridized carbons (Fsp3) is 0.357. The summed E-state index contributed by atoms with van der Waals surface area (Å²) < 4.78 is 12.4. The molecule has 10 heteroatoms. The lowest BCUT2D eigenvalue weighted by molar-refractivity contribution is -0.384. The Balaban J connectivity index is 1.28. The number of hydrogen-bond donors (Lipinski definition) is 1. The molecule has 2 aliphatic rings. The second-order valence-corrected chi connectivity index (χ2v) is 9.76. The number of carbonyl (C=O) groups excluding carboxylic acids is 1. The summed E-state index contributed by atoms with van der Waals surface area (Å²) >= 11 is 0. The number of fused-ring (bicyclic) bond motifs is 4. The van der Waals surface area contributed by atoms with Crippen molar-refractivity contribution in [1.29, 1.82) is 0 Å². The van der Waals surface area contributed by atoms with E-state index in [1.807, 2.05) is 28.8 Å². The molecule has 2 aromatic carbocycles. The van der Waals surface area contributed by atoms with E-state index in [2.05, 4.69) is 5.32 Å². The number of hydrogen-bond acceptors (Lipinski definition) is 7. The summed E-state index contributed by atoms with van der Waals surface area (Å²) in [5.74, 6) is 1.28. The lowest BCUT2D eigenvalue weighted by atomic mass is 9.83. The summed E-state index contributed by atoms with van der Waals surface area (Å²) in [7, 11) is 3.15. The Labute approximate surface area is 219 Å². The number of aromatic nitrogens is 1. The number of carbonyl (C=O) groups is 1. The summed E-state index contributed by atoms with van der Waals surface area (Å²) in [5, 5.41) is 15.0. The molecule has 1 N–H and O–H groups in total. The highest BCUT2D eigenvalue weighted by atomic mass is 16.6. The molecule has 0 aliphatic carbocycles. The molecule has 2 bridgehead atoms. The molecular formula is C28H30N4O6. The van der Waals surface area contributed by atoms with Gasteiger partial charge in [0.15, 0.2) is 11.5 Å². The standard InChI is InChI=1S/C28H30N4O6/c1-37-25-9-6-18(13-26(25)38-2)10-11-29-22-8-7-20(14-24(22)32(35)36)28(34)30-15-19-12-21(17-30)23-4-3-5-27(33)31(23)16-19/h3-9,13-14,19,21,29H,10-12,15-17H2,1-2H3. The van der Waals surface area contributed by atoms with Gasteiger partial charge < -0.3 is 24.3 Å². The van der Waals surface area contributed by atoms with Crippen LogP contribution in [0.4, 0.5) is 11.4 Å². The predicted molar refractivity (Wildman–Crippen MR) is 142 cm³/mol. The van der Waals surface area contributed by atoms with Crippen molar-refractivity contribution in [3.05, 3.63) is 91.9 Å². The summed E-state index contributed by atoms with van der Waals surface area (Å²) in [5.41, 5.74) is 2.43. The van der Waals surface area contributed by atoms with Crippen molar-refractivity contribution in [2.24, 2.45) is 5.92 Å². The Bertz CT molecular complexity index is 1440. The molecule has 38 heavy (non-hydrogen) atoms. The highest BCUT2D eigenvalue weighted by Gasteiger charge is 2.36. The number of pyridine rings is 1. The van der Waals surface area contributed by atoms with Gasteiger partial charge in [0.1, 0.15) is 5.69 Å². The molecule has 0 spiro atoms. The summed E-state index contributed by atoms with van der Waals surface area (Å²) in [6.07, 6.45) is 1.54. The Hall–Kier alpha value is -4.34. The smallest absolute Gasteiger partial charge is 0.293 e. The molecule has 2 unspecified atom stereocenters. The molecule has 198 valence electrons. The van der Waals surface area contributed by atoms with E-state index in [0.29, 0.717) is 49.8 Å². The average molecular weight is 519 g/mol. The average Bonchev–Trinajstić information content (AvgIpc) is 2.93. The SMILES string of the molecule is COc1ccc(CCNc2ccc(C(=O)N3CC4CC(C3)c3cccc(=O)n3C4)cc2[N+](=O)[O-])cc1OC. The molecule has 1 fully saturated rings. The number of methoxy groups -OCH3 is 2. The van der Waals surface area contributed by atoms with Gasteiger partial charge in [0.05, 0.1) is 19.1 Å². The first kappa shape index (κ1) is 25.3. The Morgan fingerprint density at radius 2 is 1.87 bits per heavy atom. The molecular weight excluding hydrogens is 488 g/mol. The predicted octanol–water partition coefficient (Wildman–Crippen LogP) is 3.69. The van der Waals surface area contributed by atoms with Gasteiger partial charge in [-0.15, -0.1) is 0 Å². The number of nitrogens with one attached hydrogen (secondary N) is 1. The van der Waals surface area contributed by atoms with Gasteiger partial charge in [-0.1, -0.05) is 12.1 Å². The number of anilines is 1. The first-order valence-electron chi connectivity index (χ1n) is 12.6. The zero-order chi connectivity index (χ0) is 26.8. The zero-order valence-corrected chi connectivity index (χ0v) is 21.4. The molecule has 0 radical (unpaired) electrons. The van der Waals surface area contributed by atoms with Gasteiger partial charge in [0.25, 0.3) is 17.2 Å². The van der Waals surface area contributed by atoms with Crippen LogP contribution in [-0.4, -0.2) is 54.2 Å². The number of ether oxygens (including phenoxy) is 2. The van der Waals surface area contributed by atoms with Gasteiger partial charge >= 0.3 is 0 Å². The third-order valence-electron chi connectivity index (χ3n) is 7.39. The Morgan fingerprint density at radius 3 is 2.63 bits per heavy atom. The van der Waals surface area contributed by atoms with Gasteiger partial charge in [-0.3, -0.25) is 19.7 Å². The quantitative estimate of drug-likeness (QED) is 0.357. The van der Waals surface area contributed by atoms with Crippen molar-refractivity contribution in [2.75, 3.05) is 39.2 Å². The van der Waals surface area contributed by atoms with Crippen LogP contribution in [0.1, 0.15) is 34.0 Å². The van der Waals surface area contributed by atoms with Crippen LogP contribution in [0, 0.1) is 16.0 Å². The first-order valence-corrected chi connectivity index (χ1v) is 12.6. The second-order valence-electron chi connectivity index (χ2n) is 9.76. The van der Waals surface area contributed by atoms with Crippen LogP contribution in [0.5, 0.6) is 11.5 Å². The van der Waals surface area contributed by atoms with Crippen LogP contribution in [0.25, 0.3) is 0 Å². The van der Waals surface area contributed by atoms with E-state index in [4.69, 9.17) is 9.47 Å². The number of rotatable bonds is 8. The largest absolute Gasteiger partial charge is 0.493 e. The maximum absolute atomic E-state index is 13.4. The van der Waals surface area contributed by atoms with E-state index in [1.165, 1.54) is 6.07 Å². The normalized spacial score (nSPS) is 17.9. The topological polar surface area (TPSA) is 116 Å². The van der Waals surface area contributed by atoms with Crippen molar-refractivity contribution in [1.82, 2.24) is 9.47 Å². The zero-order valence-electron chi connectivity index (χ0n) is 21.4. The second kappa shape index (κ2) is 10.6. The molecule has 5 rings (SSSR count). The molecule has 0 saturated carbocycles. The maximum Gasteiger partial charge on any atom is 0.293 e. The highest BCUT2D eigenvalue weighted by molar-refractivity contribution is 5.96. The van der Waals surface area contributed by atoms with Crippen molar-refractivity contribution in [3.8, 4) is 11.5 Å². The van der Waals surface area contributed by atoms with Crippen LogP contribution < -0.4 is 20.3 Å². The summed E-state index contributed by atoms with van der Waals surface area (Å²) in [4.78, 5) is 38.8. The lowest BCUT2D eigenvalue weighted by Gasteiger charge is -2.42. The van der Waals surface area contributed by atoms with Gasteiger partial charge in [0, 0.05) is 55.5 Å². The van der Waals surface area contributed by atoms with E-state index < -0.39 is 4.92 Å². The van der Waals surface area contributed by atoms with E-state index >= 15 is 0 Å². The molecule has 2 atom stereocenters. The third-order valence-corrected chi connectivity index (χ3v) is 7.39. The lowest BCUT2D eigenvalue weighted by Crippen LogP contribution is -2.49. The van der Waals surface area contributed by atoms with Crippen LogP contribution >= 0.6 is 0 Å². The van der Waals surface area contributed by atoms with Crippen molar-refractivity contribution < 1.29 is 19.2 Å². The summed E-state index contributed by atoms with van der Waals surface area (Å²) in [6, 6.07) is 15.5. The van der Waals surface area contributed by atoms with E-state index in [-0.39, 0.29) is 34.6 Å². The molecule has 1 aromatic heterocycles. The molecule has 2 aliphatic heterocycles. The number of nitrogens with zero attached hydrogens (tertiary/aromatic N) is 3. The number of amides is 1. The number of piperidine rings is 1.